The van der Waals surface area contributed by atoms with Crippen molar-refractivity contribution in [2.24, 2.45) is 7.05 Å². The highest BCUT2D eigenvalue weighted by molar-refractivity contribution is 9.10. The second kappa shape index (κ2) is 8.44. The summed E-state index contributed by atoms with van der Waals surface area (Å²) < 4.78 is 16.2. The zero-order valence-electron chi connectivity index (χ0n) is 16.8. The van der Waals surface area contributed by atoms with E-state index in [1.54, 1.807) is 11.0 Å². The van der Waals surface area contributed by atoms with Crippen molar-refractivity contribution < 1.29 is 9.18 Å². The first-order chi connectivity index (χ1) is 14.5. The summed E-state index contributed by atoms with van der Waals surface area (Å²) >= 11 is 3.60. The van der Waals surface area contributed by atoms with Crippen LogP contribution in [0.1, 0.15) is 22.6 Å². The maximum atomic E-state index is 13.4. The van der Waals surface area contributed by atoms with Crippen LogP contribution in [-0.2, 0) is 13.5 Å². The van der Waals surface area contributed by atoms with Crippen LogP contribution in [0.4, 0.5) is 4.39 Å². The quantitative estimate of drug-likeness (QED) is 0.424. The number of fused-ring (bicyclic) bond motifs is 1. The van der Waals surface area contributed by atoms with Gasteiger partial charge in [0.2, 0.25) is 0 Å². The van der Waals surface area contributed by atoms with E-state index in [-0.39, 0.29) is 11.7 Å². The molecule has 0 aliphatic carbocycles. The molecule has 0 saturated carbocycles. The summed E-state index contributed by atoms with van der Waals surface area (Å²) in [6, 6.07) is 16.3. The normalized spacial score (nSPS) is 11.2. The van der Waals surface area contributed by atoms with E-state index in [0.29, 0.717) is 17.9 Å². The number of aromatic amines is 1. The molecule has 0 aliphatic heterocycles. The third-order valence-electron chi connectivity index (χ3n) is 5.29. The van der Waals surface area contributed by atoms with Crippen LogP contribution in [0.25, 0.3) is 22.2 Å². The number of amides is 1. The Balaban J connectivity index is 1.40. The summed E-state index contributed by atoms with van der Waals surface area (Å²) in [7, 11) is 3.73. The van der Waals surface area contributed by atoms with Crippen molar-refractivity contribution in [3.8, 4) is 11.3 Å². The summed E-state index contributed by atoms with van der Waals surface area (Å²) in [6.45, 7) is 0.612. The van der Waals surface area contributed by atoms with Gasteiger partial charge in [0, 0.05) is 42.8 Å². The minimum Gasteiger partial charge on any atom is -0.340 e. The number of hydrogen-bond donors (Lipinski definition) is 1. The molecule has 0 fully saturated rings. The summed E-state index contributed by atoms with van der Waals surface area (Å²) in [4.78, 5) is 14.8. The molecule has 1 amide bonds. The van der Waals surface area contributed by atoms with Crippen LogP contribution in [0.3, 0.4) is 0 Å². The van der Waals surface area contributed by atoms with Crippen LogP contribution >= 0.6 is 15.9 Å². The number of para-hydroxylation sites is 1. The van der Waals surface area contributed by atoms with Gasteiger partial charge in [0.05, 0.1) is 10.2 Å². The van der Waals surface area contributed by atoms with Crippen LogP contribution in [0.15, 0.2) is 59.1 Å². The molecule has 5 nitrogen and oxygen atoms in total. The van der Waals surface area contributed by atoms with Gasteiger partial charge in [-0.05, 0) is 53.0 Å². The van der Waals surface area contributed by atoms with E-state index in [1.807, 2.05) is 55.1 Å². The maximum Gasteiger partial charge on any atom is 0.271 e. The lowest BCUT2D eigenvalue weighted by molar-refractivity contribution is 0.0783. The lowest BCUT2D eigenvalue weighted by atomic mass is 10.1. The molecule has 154 valence electrons. The Hall–Kier alpha value is -2.93. The van der Waals surface area contributed by atoms with E-state index in [1.165, 1.54) is 12.1 Å². The number of carbonyl (C=O) groups excluding carboxylic acids is 1. The van der Waals surface area contributed by atoms with Gasteiger partial charge in [0.15, 0.2) is 0 Å². The topological polar surface area (TPSA) is 53.9 Å². The van der Waals surface area contributed by atoms with Crippen LogP contribution < -0.4 is 0 Å². The zero-order valence-corrected chi connectivity index (χ0v) is 18.4. The minimum absolute atomic E-state index is 0.0226. The molecule has 7 heteroatoms. The van der Waals surface area contributed by atoms with Gasteiger partial charge in [-0.25, -0.2) is 4.39 Å². The van der Waals surface area contributed by atoms with Gasteiger partial charge < -0.3 is 9.47 Å². The Morgan fingerprint density at radius 3 is 2.77 bits per heavy atom. The first kappa shape index (κ1) is 20.3. The second-order valence-corrected chi connectivity index (χ2v) is 8.15. The highest BCUT2D eigenvalue weighted by Gasteiger charge is 2.22. The first-order valence-corrected chi connectivity index (χ1v) is 10.5. The van der Waals surface area contributed by atoms with E-state index >= 15 is 0 Å². The Kier molecular flexibility index (Phi) is 5.72. The predicted octanol–water partition coefficient (Wildman–Crippen LogP) is 5.17. The number of rotatable bonds is 6. The number of aromatic nitrogens is 3. The van der Waals surface area contributed by atoms with E-state index < -0.39 is 0 Å². The second-order valence-electron chi connectivity index (χ2n) is 7.36. The molecule has 0 aliphatic rings. The summed E-state index contributed by atoms with van der Waals surface area (Å²) in [5.74, 6) is -0.303. The monoisotopic (exact) mass is 468 g/mol. The van der Waals surface area contributed by atoms with Crippen molar-refractivity contribution in [1.29, 1.82) is 0 Å². The SMILES string of the molecule is CN(CCCc1cc(-c2cccc(F)c2)n[nH]1)C(=O)c1c(Br)c2ccccc2n1C. The lowest BCUT2D eigenvalue weighted by Gasteiger charge is -2.17. The molecule has 0 atom stereocenters. The number of nitrogens with one attached hydrogen (secondary N) is 1. The van der Waals surface area contributed by atoms with Gasteiger partial charge in [0.1, 0.15) is 11.5 Å². The summed E-state index contributed by atoms with van der Waals surface area (Å²) in [5, 5.41) is 8.31. The largest absolute Gasteiger partial charge is 0.340 e. The molecule has 4 rings (SSSR count). The van der Waals surface area contributed by atoms with Gasteiger partial charge in [-0.3, -0.25) is 9.89 Å². The molecule has 0 bridgehead atoms. The summed E-state index contributed by atoms with van der Waals surface area (Å²) in [5.41, 5.74) is 4.08. The molecule has 1 N–H and O–H groups in total. The molecule has 0 radical (unpaired) electrons. The predicted molar refractivity (Wildman–Crippen MR) is 120 cm³/mol. The van der Waals surface area contributed by atoms with E-state index in [4.69, 9.17) is 0 Å². The van der Waals surface area contributed by atoms with Gasteiger partial charge >= 0.3 is 0 Å². The van der Waals surface area contributed by atoms with Crippen molar-refractivity contribution in [2.75, 3.05) is 13.6 Å². The fourth-order valence-electron chi connectivity index (χ4n) is 3.66. The fourth-order valence-corrected chi connectivity index (χ4v) is 4.43. The Morgan fingerprint density at radius 2 is 2.00 bits per heavy atom. The average molecular weight is 469 g/mol. The number of hydrogen-bond acceptors (Lipinski definition) is 2. The number of carbonyl (C=O) groups is 1. The molecule has 30 heavy (non-hydrogen) atoms. The Labute approximate surface area is 182 Å². The maximum absolute atomic E-state index is 13.4. The minimum atomic E-state index is -0.281. The highest BCUT2D eigenvalue weighted by atomic mass is 79.9. The Morgan fingerprint density at radius 1 is 1.20 bits per heavy atom. The van der Waals surface area contributed by atoms with Gasteiger partial charge in [-0.15, -0.1) is 0 Å². The first-order valence-electron chi connectivity index (χ1n) is 9.74. The van der Waals surface area contributed by atoms with Crippen molar-refractivity contribution in [3.63, 3.8) is 0 Å². The molecule has 0 unspecified atom stereocenters. The molecular weight excluding hydrogens is 447 g/mol. The number of H-pyrrole nitrogens is 1. The number of aryl methyl sites for hydroxylation is 2. The standard InChI is InChI=1S/C23H22BrFN4O/c1-28(23(30)22-21(24)18-10-3-4-11-20(18)29(22)2)12-6-9-17-14-19(27-26-17)15-7-5-8-16(25)13-15/h3-5,7-8,10-11,13-14H,6,9,12H2,1-2H3,(H,26,27). The summed E-state index contributed by atoms with van der Waals surface area (Å²) in [6.07, 6.45) is 1.53. The van der Waals surface area contributed by atoms with Crippen LogP contribution in [-0.4, -0.2) is 39.2 Å². The molecular formula is C23H22BrFN4O. The number of benzene rings is 2. The zero-order chi connectivity index (χ0) is 21.3. The van der Waals surface area contributed by atoms with Crippen LogP contribution in [0, 0.1) is 5.82 Å². The van der Waals surface area contributed by atoms with E-state index in [0.717, 1.165) is 39.5 Å². The van der Waals surface area contributed by atoms with Gasteiger partial charge in [-0.2, -0.15) is 5.10 Å². The molecule has 0 saturated heterocycles. The average Bonchev–Trinajstić information content (AvgIpc) is 3.31. The van der Waals surface area contributed by atoms with Crippen LogP contribution in [0.5, 0.6) is 0 Å². The Bertz CT molecular complexity index is 1170. The van der Waals surface area contributed by atoms with Crippen molar-refractivity contribution in [2.45, 2.75) is 12.8 Å². The van der Waals surface area contributed by atoms with E-state index in [2.05, 4.69) is 26.1 Å². The molecule has 2 aromatic heterocycles. The van der Waals surface area contributed by atoms with Gasteiger partial charge in [0.25, 0.3) is 5.91 Å². The molecule has 2 heterocycles. The van der Waals surface area contributed by atoms with Gasteiger partial charge in [-0.1, -0.05) is 30.3 Å². The van der Waals surface area contributed by atoms with Crippen LogP contribution in [0.2, 0.25) is 0 Å². The molecule has 4 aromatic rings. The third-order valence-corrected chi connectivity index (χ3v) is 6.09. The lowest BCUT2D eigenvalue weighted by Crippen LogP contribution is -2.29. The molecule has 0 spiro atoms. The highest BCUT2D eigenvalue weighted by Crippen LogP contribution is 2.31. The number of halogens is 2. The van der Waals surface area contributed by atoms with Crippen molar-refractivity contribution >= 4 is 32.7 Å². The van der Waals surface area contributed by atoms with E-state index in [9.17, 15) is 9.18 Å². The van der Waals surface area contributed by atoms with Crippen molar-refractivity contribution in [1.82, 2.24) is 19.7 Å². The third kappa shape index (κ3) is 3.89. The smallest absolute Gasteiger partial charge is 0.271 e. The molecule has 2 aromatic carbocycles. The fraction of sp³-hybridized carbons (Fsp3) is 0.217. The number of nitrogens with zero attached hydrogens (tertiary/aromatic N) is 3. The van der Waals surface area contributed by atoms with Crippen molar-refractivity contribution in [3.05, 3.63) is 76.3 Å².